The molecule has 4 aromatic rings. The molecule has 0 aromatic heterocycles. The average Bonchev–Trinajstić information content (AvgIpc) is 2.79. The topological polar surface area (TPSA) is 220 Å². The zero-order chi connectivity index (χ0) is 28.2. The Hall–Kier alpha value is -3.67. The minimum atomic E-state index is -5.10. The molecule has 39 heavy (non-hydrogen) atoms. The second-order valence-corrected chi connectivity index (χ2v) is 12.3. The molecule has 4 aromatic carbocycles. The monoisotopic (exact) mass is 597 g/mol. The minimum Gasteiger partial charge on any atom is -0.505 e. The molecule has 0 aliphatic carbocycles. The van der Waals surface area contributed by atoms with Crippen molar-refractivity contribution in [3.8, 4) is 5.75 Å². The highest BCUT2D eigenvalue weighted by atomic mass is 32.2. The molecule has 0 radical (unpaired) electrons. The van der Waals surface area contributed by atoms with Crippen molar-refractivity contribution in [2.75, 3.05) is 12.4 Å². The Labute approximate surface area is 224 Å². The quantitative estimate of drug-likeness (QED) is 0.149. The van der Waals surface area contributed by atoms with Crippen LogP contribution in [0.2, 0.25) is 0 Å². The van der Waals surface area contributed by atoms with Crippen LogP contribution in [0.3, 0.4) is 0 Å². The predicted octanol–water partition coefficient (Wildman–Crippen LogP) is 4.84. The Morgan fingerprint density at radius 2 is 1.41 bits per heavy atom. The van der Waals surface area contributed by atoms with Crippen LogP contribution in [0, 0.1) is 6.92 Å². The average molecular weight is 598 g/mol. The number of aryl methyl sites for hydroxylation is 1. The van der Waals surface area contributed by atoms with E-state index in [0.29, 0.717) is 11.3 Å². The summed E-state index contributed by atoms with van der Waals surface area (Å²) < 4.78 is 102. The summed E-state index contributed by atoms with van der Waals surface area (Å²) >= 11 is 0. The van der Waals surface area contributed by atoms with Gasteiger partial charge < -0.3 is 10.4 Å². The first-order valence-electron chi connectivity index (χ1n) is 10.4. The Balaban J connectivity index is 0.00000420. The molecule has 0 fully saturated rings. The number of nitrogens with zero attached hydrogens (tertiary/aromatic N) is 2. The number of anilines is 1. The zero-order valence-electron chi connectivity index (χ0n) is 19.5. The maximum absolute atomic E-state index is 12.3. The van der Waals surface area contributed by atoms with Gasteiger partial charge in [0, 0.05) is 28.9 Å². The second-order valence-electron chi connectivity index (χ2n) is 8.12. The number of phenolic OH excluding ortho intramolecular Hbond substituents is 1. The fraction of sp³-hybridized carbons (Fsp3) is 0.130. The molecular weight excluding hydrogens is 574 g/mol. The summed E-state index contributed by atoms with van der Waals surface area (Å²) in [7, 11) is -13.3. The van der Waals surface area contributed by atoms with E-state index in [1.165, 1.54) is 0 Å². The van der Waals surface area contributed by atoms with Gasteiger partial charge in [0.15, 0.2) is 5.75 Å². The van der Waals surface area contributed by atoms with E-state index in [2.05, 4.69) is 15.5 Å². The van der Waals surface area contributed by atoms with Gasteiger partial charge in [-0.3, -0.25) is 13.7 Å². The number of hydrogen-bond donors (Lipinski definition) is 5. The molecule has 0 amide bonds. The van der Waals surface area contributed by atoms with Gasteiger partial charge in [-0.05, 0) is 42.1 Å². The summed E-state index contributed by atoms with van der Waals surface area (Å²) in [6, 6.07) is 9.58. The first-order chi connectivity index (χ1) is 17.5. The summed E-state index contributed by atoms with van der Waals surface area (Å²) in [5.41, 5.74) is -0.201. The Morgan fingerprint density at radius 1 is 0.769 bits per heavy atom. The highest BCUT2D eigenvalue weighted by Gasteiger charge is 2.26. The third kappa shape index (κ3) is 5.56. The van der Waals surface area contributed by atoms with Crippen molar-refractivity contribution in [1.29, 1.82) is 0 Å². The van der Waals surface area contributed by atoms with E-state index in [1.807, 2.05) is 0 Å². The molecule has 0 aliphatic heterocycles. The number of fused-ring (bicyclic) bond motifs is 2. The standard InChI is InChI=1S/C22H19N3O10S3.CH4/c1-11-8-12-10-18(37(30,31)32)20(21(26)19(12)16(9-11)23-2)25-24-15-7-6-13-14(22(15)38(33,34)35)4-3-5-17(13)36(27,28)29;/h3-10,23,26H,1-2H3,(H,27,28,29)(H,30,31,32)(H,33,34,35);1H4. The molecule has 0 unspecified atom stereocenters. The number of phenols is 1. The highest BCUT2D eigenvalue weighted by Crippen LogP contribution is 2.45. The summed E-state index contributed by atoms with van der Waals surface area (Å²) in [5, 5.41) is 21.0. The number of rotatable bonds is 6. The maximum Gasteiger partial charge on any atom is 0.297 e. The van der Waals surface area contributed by atoms with E-state index in [9.17, 15) is 44.0 Å². The molecule has 0 heterocycles. The van der Waals surface area contributed by atoms with E-state index >= 15 is 0 Å². The van der Waals surface area contributed by atoms with Crippen LogP contribution in [0.4, 0.5) is 17.1 Å². The Morgan fingerprint density at radius 3 is 1.97 bits per heavy atom. The number of aromatic hydroxyl groups is 1. The first-order valence-corrected chi connectivity index (χ1v) is 14.7. The minimum absolute atomic E-state index is 0. The van der Waals surface area contributed by atoms with Gasteiger partial charge in [0.1, 0.15) is 26.1 Å². The summed E-state index contributed by atoms with van der Waals surface area (Å²) in [4.78, 5) is -2.37. The van der Waals surface area contributed by atoms with Crippen molar-refractivity contribution in [3.63, 3.8) is 0 Å². The van der Waals surface area contributed by atoms with Gasteiger partial charge in [-0.15, -0.1) is 10.2 Å². The molecule has 0 aliphatic rings. The second kappa shape index (κ2) is 10.1. The van der Waals surface area contributed by atoms with Gasteiger partial charge in [0.25, 0.3) is 30.4 Å². The number of hydrogen-bond acceptors (Lipinski definition) is 10. The molecular formula is C23H23N3O10S3. The maximum atomic E-state index is 12.3. The van der Waals surface area contributed by atoms with E-state index in [1.54, 1.807) is 26.1 Å². The van der Waals surface area contributed by atoms with E-state index in [4.69, 9.17) is 0 Å². The predicted molar refractivity (Wildman–Crippen MR) is 144 cm³/mol. The fourth-order valence-electron chi connectivity index (χ4n) is 4.10. The first kappa shape index (κ1) is 29.9. The van der Waals surface area contributed by atoms with Gasteiger partial charge in [0.2, 0.25) is 0 Å². The lowest BCUT2D eigenvalue weighted by atomic mass is 10.0. The van der Waals surface area contributed by atoms with Crippen LogP contribution in [-0.2, 0) is 30.4 Å². The third-order valence-electron chi connectivity index (χ3n) is 5.59. The number of azo groups is 1. The summed E-state index contributed by atoms with van der Waals surface area (Å²) in [6.07, 6.45) is 0. The summed E-state index contributed by atoms with van der Waals surface area (Å²) in [6.45, 7) is 1.72. The Kier molecular flexibility index (Phi) is 7.77. The van der Waals surface area contributed by atoms with Crippen LogP contribution in [0.25, 0.3) is 21.5 Å². The van der Waals surface area contributed by atoms with Crippen molar-refractivity contribution in [2.24, 2.45) is 10.2 Å². The van der Waals surface area contributed by atoms with Gasteiger partial charge in [-0.2, -0.15) is 25.3 Å². The molecule has 208 valence electrons. The number of benzene rings is 4. The lowest BCUT2D eigenvalue weighted by Gasteiger charge is -2.13. The lowest BCUT2D eigenvalue weighted by Crippen LogP contribution is -2.03. The summed E-state index contributed by atoms with van der Waals surface area (Å²) in [5.74, 6) is -0.703. The molecule has 0 spiro atoms. The normalized spacial score (nSPS) is 12.6. The van der Waals surface area contributed by atoms with Gasteiger partial charge in [-0.1, -0.05) is 31.7 Å². The Bertz CT molecular complexity index is 2010. The largest absolute Gasteiger partial charge is 0.505 e. The van der Waals surface area contributed by atoms with Crippen molar-refractivity contribution in [3.05, 3.63) is 54.1 Å². The van der Waals surface area contributed by atoms with Crippen LogP contribution < -0.4 is 5.32 Å². The van der Waals surface area contributed by atoms with Crippen molar-refractivity contribution < 1.29 is 44.0 Å². The van der Waals surface area contributed by atoms with E-state index in [0.717, 1.165) is 36.4 Å². The smallest absolute Gasteiger partial charge is 0.297 e. The SMILES string of the molecule is C.CNc1cc(C)cc2cc(S(=O)(=O)O)c(N=Nc3ccc4c(S(=O)(=O)O)cccc4c3S(=O)(=O)O)c(O)c12. The molecule has 0 atom stereocenters. The van der Waals surface area contributed by atoms with Gasteiger partial charge in [-0.25, -0.2) is 0 Å². The van der Waals surface area contributed by atoms with Crippen LogP contribution in [-0.4, -0.2) is 51.1 Å². The molecule has 16 heteroatoms. The fourth-order valence-corrected chi connectivity index (χ4v) is 6.29. The zero-order valence-corrected chi connectivity index (χ0v) is 21.9. The number of nitrogens with one attached hydrogen (secondary N) is 1. The highest BCUT2D eigenvalue weighted by molar-refractivity contribution is 7.86. The molecule has 5 N–H and O–H groups in total. The molecule has 0 saturated carbocycles. The van der Waals surface area contributed by atoms with Crippen LogP contribution >= 0.6 is 0 Å². The molecule has 0 bridgehead atoms. The van der Waals surface area contributed by atoms with Crippen molar-refractivity contribution in [2.45, 2.75) is 29.0 Å². The van der Waals surface area contributed by atoms with E-state index in [-0.39, 0.29) is 29.0 Å². The van der Waals surface area contributed by atoms with E-state index < -0.39 is 62.2 Å². The molecule has 0 saturated heterocycles. The van der Waals surface area contributed by atoms with Gasteiger partial charge >= 0.3 is 0 Å². The van der Waals surface area contributed by atoms with Crippen molar-refractivity contribution in [1.82, 2.24) is 0 Å². The van der Waals surface area contributed by atoms with Crippen LogP contribution in [0.5, 0.6) is 5.75 Å². The van der Waals surface area contributed by atoms with Crippen LogP contribution in [0.15, 0.2) is 73.4 Å². The van der Waals surface area contributed by atoms with Crippen LogP contribution in [0.1, 0.15) is 13.0 Å². The van der Waals surface area contributed by atoms with Gasteiger partial charge in [0.05, 0.1) is 0 Å². The third-order valence-corrected chi connectivity index (χ3v) is 8.31. The lowest BCUT2D eigenvalue weighted by molar-refractivity contribution is 0.472. The molecule has 4 rings (SSSR count). The molecule has 13 nitrogen and oxygen atoms in total. The van der Waals surface area contributed by atoms with Crippen molar-refractivity contribution >= 4 is 69.0 Å².